The number of sulfonamides is 1. The number of morpholine rings is 1. The van der Waals surface area contributed by atoms with Gasteiger partial charge < -0.3 is 10.1 Å². The van der Waals surface area contributed by atoms with E-state index in [1.165, 1.54) is 22.1 Å². The van der Waals surface area contributed by atoms with Crippen LogP contribution in [0.15, 0.2) is 57.2 Å². The molecule has 0 unspecified atom stereocenters. The molecule has 0 radical (unpaired) electrons. The summed E-state index contributed by atoms with van der Waals surface area (Å²) in [5, 5.41) is 2.85. The summed E-state index contributed by atoms with van der Waals surface area (Å²) in [4.78, 5) is 14.4. The molecule has 0 bridgehead atoms. The average Bonchev–Trinajstić information content (AvgIpc) is 2.78. The Bertz CT molecular complexity index is 937. The second kappa shape index (κ2) is 6.45. The standard InChI is InChI=1S/C17H16N2O4S2/c20-17-13-11-12(25(21,22)19-7-9-23-10-8-19)5-6-15(13)24-16-4-2-1-3-14(16)18-17/h1-6,11H,7-10H2,(H,18,20). The highest BCUT2D eigenvalue weighted by Crippen LogP contribution is 2.39. The molecule has 4 rings (SSSR count). The second-order valence-corrected chi connectivity index (χ2v) is 8.75. The van der Waals surface area contributed by atoms with E-state index in [-0.39, 0.29) is 10.8 Å². The van der Waals surface area contributed by atoms with Crippen LogP contribution in [0.3, 0.4) is 0 Å². The van der Waals surface area contributed by atoms with Crippen LogP contribution < -0.4 is 5.32 Å². The summed E-state index contributed by atoms with van der Waals surface area (Å²) in [6.07, 6.45) is 0. The molecule has 2 heterocycles. The van der Waals surface area contributed by atoms with Crippen molar-refractivity contribution in [2.24, 2.45) is 0 Å². The van der Waals surface area contributed by atoms with Crippen molar-refractivity contribution in [3.05, 3.63) is 48.0 Å². The van der Waals surface area contributed by atoms with Crippen molar-refractivity contribution >= 4 is 33.4 Å². The number of carbonyl (C=O) groups is 1. The van der Waals surface area contributed by atoms with Crippen molar-refractivity contribution in [2.45, 2.75) is 14.7 Å². The Morgan fingerprint density at radius 2 is 1.80 bits per heavy atom. The van der Waals surface area contributed by atoms with Crippen LogP contribution in [-0.2, 0) is 14.8 Å². The lowest BCUT2D eigenvalue weighted by atomic mass is 10.2. The van der Waals surface area contributed by atoms with E-state index in [2.05, 4.69) is 5.32 Å². The van der Waals surface area contributed by atoms with Gasteiger partial charge in [-0.15, -0.1) is 0 Å². The first kappa shape index (κ1) is 16.6. The molecule has 8 heteroatoms. The number of benzene rings is 2. The fourth-order valence-electron chi connectivity index (χ4n) is 2.84. The topological polar surface area (TPSA) is 75.7 Å². The molecule has 6 nitrogen and oxygen atoms in total. The number of nitrogens with one attached hydrogen (secondary N) is 1. The Hall–Kier alpha value is -1.87. The first-order valence-corrected chi connectivity index (χ1v) is 10.1. The van der Waals surface area contributed by atoms with E-state index in [4.69, 9.17) is 4.74 Å². The first-order chi connectivity index (χ1) is 12.1. The third kappa shape index (κ3) is 3.06. The molecule has 2 aromatic rings. The Morgan fingerprint density at radius 3 is 2.60 bits per heavy atom. The molecule has 0 spiro atoms. The lowest BCUT2D eigenvalue weighted by Crippen LogP contribution is -2.40. The summed E-state index contributed by atoms with van der Waals surface area (Å²) < 4.78 is 32.2. The largest absolute Gasteiger partial charge is 0.379 e. The number of ether oxygens (including phenoxy) is 1. The van der Waals surface area contributed by atoms with Crippen molar-refractivity contribution in [2.75, 3.05) is 31.6 Å². The van der Waals surface area contributed by atoms with E-state index in [0.29, 0.717) is 31.9 Å². The van der Waals surface area contributed by atoms with Crippen molar-refractivity contribution < 1.29 is 17.9 Å². The summed E-state index contributed by atoms with van der Waals surface area (Å²) >= 11 is 1.45. The lowest BCUT2D eigenvalue weighted by molar-refractivity contribution is 0.0730. The summed E-state index contributed by atoms with van der Waals surface area (Å²) in [5.41, 5.74) is 1.10. The minimum Gasteiger partial charge on any atom is -0.379 e. The van der Waals surface area contributed by atoms with Gasteiger partial charge in [0.2, 0.25) is 10.0 Å². The van der Waals surface area contributed by atoms with Gasteiger partial charge in [-0.2, -0.15) is 4.31 Å². The molecule has 1 saturated heterocycles. The molecule has 1 N–H and O–H groups in total. The summed E-state index contributed by atoms with van der Waals surface area (Å²) in [6.45, 7) is 1.42. The van der Waals surface area contributed by atoms with Crippen LogP contribution in [0, 0.1) is 0 Å². The summed E-state index contributed by atoms with van der Waals surface area (Å²) in [5.74, 6) is -0.300. The number of nitrogens with zero attached hydrogens (tertiary/aromatic N) is 1. The number of carbonyl (C=O) groups excluding carboxylic acids is 1. The monoisotopic (exact) mass is 376 g/mol. The predicted octanol–water partition coefficient (Wildman–Crippen LogP) is 2.42. The van der Waals surface area contributed by atoms with Gasteiger partial charge in [-0.1, -0.05) is 23.9 Å². The van der Waals surface area contributed by atoms with E-state index >= 15 is 0 Å². The van der Waals surface area contributed by atoms with Gasteiger partial charge in [0.15, 0.2) is 0 Å². The fraction of sp³-hybridized carbons (Fsp3) is 0.235. The van der Waals surface area contributed by atoms with Gasteiger partial charge in [0.05, 0.1) is 29.4 Å². The molecule has 2 aliphatic heterocycles. The van der Waals surface area contributed by atoms with E-state index in [0.717, 1.165) is 15.5 Å². The third-order valence-electron chi connectivity index (χ3n) is 4.16. The maximum absolute atomic E-state index is 12.8. The highest BCUT2D eigenvalue weighted by atomic mass is 32.2. The van der Waals surface area contributed by atoms with Crippen molar-refractivity contribution in [3.63, 3.8) is 0 Å². The van der Waals surface area contributed by atoms with E-state index in [9.17, 15) is 13.2 Å². The number of anilines is 1. The van der Waals surface area contributed by atoms with E-state index < -0.39 is 10.0 Å². The van der Waals surface area contributed by atoms with Gasteiger partial charge in [0, 0.05) is 22.9 Å². The smallest absolute Gasteiger partial charge is 0.256 e. The van der Waals surface area contributed by atoms with Gasteiger partial charge in [-0.05, 0) is 30.3 Å². The van der Waals surface area contributed by atoms with Gasteiger partial charge in [-0.3, -0.25) is 4.79 Å². The summed E-state index contributed by atoms with van der Waals surface area (Å²) in [6, 6.07) is 12.2. The number of hydrogen-bond acceptors (Lipinski definition) is 5. The second-order valence-electron chi connectivity index (χ2n) is 5.73. The predicted molar refractivity (Wildman–Crippen MR) is 94.5 cm³/mol. The fourth-order valence-corrected chi connectivity index (χ4v) is 5.28. The maximum Gasteiger partial charge on any atom is 0.256 e. The molecular formula is C17H16N2O4S2. The molecule has 0 saturated carbocycles. The maximum atomic E-state index is 12.8. The minimum absolute atomic E-state index is 0.134. The molecule has 130 valence electrons. The minimum atomic E-state index is -3.63. The molecule has 2 aliphatic rings. The zero-order valence-electron chi connectivity index (χ0n) is 13.3. The highest BCUT2D eigenvalue weighted by Gasteiger charge is 2.28. The Balaban J connectivity index is 1.73. The SMILES string of the molecule is O=C1Nc2ccccc2Sc2ccc(S(=O)(=O)N3CCOCC3)cc21. The number of hydrogen-bond donors (Lipinski definition) is 1. The van der Waals surface area contributed by atoms with E-state index in [1.807, 2.05) is 24.3 Å². The Kier molecular flexibility index (Phi) is 4.28. The molecule has 2 aromatic carbocycles. The van der Waals surface area contributed by atoms with Crippen LogP contribution in [0.4, 0.5) is 5.69 Å². The Morgan fingerprint density at radius 1 is 1.04 bits per heavy atom. The molecule has 1 fully saturated rings. The molecule has 0 atom stereocenters. The number of rotatable bonds is 2. The van der Waals surface area contributed by atoms with Crippen LogP contribution in [0.5, 0.6) is 0 Å². The average molecular weight is 376 g/mol. The number of amides is 1. The molecule has 25 heavy (non-hydrogen) atoms. The quantitative estimate of drug-likeness (QED) is 0.871. The van der Waals surface area contributed by atoms with Crippen molar-refractivity contribution in [1.82, 2.24) is 4.31 Å². The van der Waals surface area contributed by atoms with Crippen LogP contribution in [0.2, 0.25) is 0 Å². The molecular weight excluding hydrogens is 360 g/mol. The first-order valence-electron chi connectivity index (χ1n) is 7.86. The van der Waals surface area contributed by atoms with Crippen molar-refractivity contribution in [1.29, 1.82) is 0 Å². The van der Waals surface area contributed by atoms with Gasteiger partial charge >= 0.3 is 0 Å². The lowest BCUT2D eigenvalue weighted by Gasteiger charge is -2.26. The normalized spacial score (nSPS) is 18.0. The molecule has 0 aromatic heterocycles. The Labute approximate surface area is 150 Å². The van der Waals surface area contributed by atoms with Gasteiger partial charge in [0.1, 0.15) is 0 Å². The van der Waals surface area contributed by atoms with Crippen molar-refractivity contribution in [3.8, 4) is 0 Å². The van der Waals surface area contributed by atoms with Crippen LogP contribution in [0.1, 0.15) is 10.4 Å². The van der Waals surface area contributed by atoms with Crippen LogP contribution >= 0.6 is 11.8 Å². The van der Waals surface area contributed by atoms with Gasteiger partial charge in [0.25, 0.3) is 5.91 Å². The highest BCUT2D eigenvalue weighted by molar-refractivity contribution is 7.99. The zero-order chi connectivity index (χ0) is 17.4. The third-order valence-corrected chi connectivity index (χ3v) is 7.21. The zero-order valence-corrected chi connectivity index (χ0v) is 14.9. The van der Waals surface area contributed by atoms with Gasteiger partial charge in [-0.25, -0.2) is 8.42 Å². The van der Waals surface area contributed by atoms with Crippen LogP contribution in [0.25, 0.3) is 0 Å². The molecule has 1 amide bonds. The van der Waals surface area contributed by atoms with E-state index in [1.54, 1.807) is 12.1 Å². The molecule has 0 aliphatic carbocycles. The number of fused-ring (bicyclic) bond motifs is 2. The number of para-hydroxylation sites is 1. The van der Waals surface area contributed by atoms with Crippen LogP contribution in [-0.4, -0.2) is 44.9 Å². The summed E-state index contributed by atoms with van der Waals surface area (Å²) in [7, 11) is -3.63.